The lowest BCUT2D eigenvalue weighted by molar-refractivity contribution is -0.155. The zero-order chi connectivity index (χ0) is 16.9. The van der Waals surface area contributed by atoms with Gasteiger partial charge in [0.2, 0.25) is 0 Å². The van der Waals surface area contributed by atoms with E-state index < -0.39 is 11.7 Å². The molecule has 0 aliphatic heterocycles. The third-order valence-electron chi connectivity index (χ3n) is 3.39. The molecule has 1 unspecified atom stereocenters. The molecule has 0 aliphatic carbocycles. The first-order chi connectivity index (χ1) is 10.9. The van der Waals surface area contributed by atoms with E-state index in [-0.39, 0.29) is 5.97 Å². The minimum absolute atomic E-state index is 0.230. The number of hydrogen-bond donors (Lipinski definition) is 2. The van der Waals surface area contributed by atoms with Gasteiger partial charge in [0, 0.05) is 12.0 Å². The highest BCUT2D eigenvalue weighted by Gasteiger charge is 2.18. The zero-order valence-corrected chi connectivity index (χ0v) is 13.9. The zero-order valence-electron chi connectivity index (χ0n) is 13.9. The topological polar surface area (TPSA) is 75.2 Å². The maximum absolute atomic E-state index is 11.7. The molecule has 0 radical (unpaired) electrons. The Hall–Kier alpha value is -2.14. The van der Waals surface area contributed by atoms with E-state index >= 15 is 0 Å². The van der Waals surface area contributed by atoms with Crippen molar-refractivity contribution < 1.29 is 14.6 Å². The van der Waals surface area contributed by atoms with E-state index in [2.05, 4.69) is 9.97 Å². The lowest BCUT2D eigenvalue weighted by Crippen LogP contribution is -2.23. The van der Waals surface area contributed by atoms with Gasteiger partial charge in [0.25, 0.3) is 0 Å². The van der Waals surface area contributed by atoms with Crippen molar-refractivity contribution in [2.45, 2.75) is 51.7 Å². The van der Waals surface area contributed by atoms with E-state index in [9.17, 15) is 9.90 Å². The number of nitrogens with zero attached hydrogens (tertiary/aromatic N) is 1. The highest BCUT2D eigenvalue weighted by Crippen LogP contribution is 2.29. The van der Waals surface area contributed by atoms with Crippen molar-refractivity contribution >= 4 is 5.97 Å². The molecule has 5 nitrogen and oxygen atoms in total. The lowest BCUT2D eigenvalue weighted by atomic mass is 9.97. The van der Waals surface area contributed by atoms with Crippen LogP contribution in [-0.4, -0.2) is 26.6 Å². The van der Waals surface area contributed by atoms with Gasteiger partial charge in [0.1, 0.15) is 5.60 Å². The fourth-order valence-corrected chi connectivity index (χ4v) is 2.42. The maximum atomic E-state index is 11.7. The van der Waals surface area contributed by atoms with E-state index in [0.717, 1.165) is 16.8 Å². The fourth-order valence-electron chi connectivity index (χ4n) is 2.42. The number of carbonyl (C=O) groups is 1. The summed E-state index contributed by atoms with van der Waals surface area (Å²) in [4.78, 5) is 18.8. The Morgan fingerprint density at radius 2 is 2.09 bits per heavy atom. The van der Waals surface area contributed by atoms with E-state index in [0.29, 0.717) is 19.3 Å². The van der Waals surface area contributed by atoms with Crippen molar-refractivity contribution in [2.75, 3.05) is 0 Å². The average Bonchev–Trinajstić information content (AvgIpc) is 2.99. The third-order valence-corrected chi connectivity index (χ3v) is 3.39. The number of rotatable bonds is 6. The smallest absolute Gasteiger partial charge is 0.306 e. The van der Waals surface area contributed by atoms with Crippen molar-refractivity contribution in [3.8, 4) is 11.3 Å². The Morgan fingerprint density at radius 3 is 2.74 bits per heavy atom. The van der Waals surface area contributed by atoms with Gasteiger partial charge in [-0.15, -0.1) is 0 Å². The number of ether oxygens (including phenoxy) is 1. The number of nitrogens with one attached hydrogen (secondary N) is 1. The molecule has 0 saturated carbocycles. The molecule has 1 heterocycles. The minimum atomic E-state index is -0.628. The van der Waals surface area contributed by atoms with Crippen molar-refractivity contribution in [1.29, 1.82) is 0 Å². The number of esters is 1. The first-order valence-electron chi connectivity index (χ1n) is 7.84. The number of aliphatic hydroxyl groups excluding tert-OH is 1. The van der Waals surface area contributed by atoms with Crippen LogP contribution in [0.1, 0.15) is 51.7 Å². The molecule has 23 heavy (non-hydrogen) atoms. The number of imidazole rings is 1. The summed E-state index contributed by atoms with van der Waals surface area (Å²) in [6.07, 6.45) is 4.10. The van der Waals surface area contributed by atoms with Crippen LogP contribution in [-0.2, 0) is 9.53 Å². The standard InChI is InChI=1S/C18H24N2O3/c1-18(2,3)23-17(22)10-6-9-16(21)14-8-5-4-7-13(14)15-11-19-12-20-15/h4-5,7-8,11-12,16,21H,6,9-10H2,1-3H3,(H,19,20). The van der Waals surface area contributed by atoms with Crippen LogP contribution < -0.4 is 0 Å². The van der Waals surface area contributed by atoms with Crippen LogP contribution in [0, 0.1) is 0 Å². The molecule has 1 aromatic carbocycles. The van der Waals surface area contributed by atoms with Crippen LogP contribution in [0.2, 0.25) is 0 Å². The number of hydrogen-bond acceptors (Lipinski definition) is 4. The molecule has 0 fully saturated rings. The Balaban J connectivity index is 1.94. The summed E-state index contributed by atoms with van der Waals surface area (Å²) in [5.41, 5.74) is 2.16. The first kappa shape index (κ1) is 17.2. The molecular formula is C18H24N2O3. The highest BCUT2D eigenvalue weighted by atomic mass is 16.6. The largest absolute Gasteiger partial charge is 0.460 e. The molecule has 124 valence electrons. The van der Waals surface area contributed by atoms with Crippen LogP contribution in [0.5, 0.6) is 0 Å². The molecule has 1 atom stereocenters. The second kappa shape index (κ2) is 7.42. The van der Waals surface area contributed by atoms with Gasteiger partial charge in [-0.1, -0.05) is 24.3 Å². The van der Waals surface area contributed by atoms with Gasteiger partial charge in [-0.25, -0.2) is 4.98 Å². The summed E-state index contributed by atoms with van der Waals surface area (Å²) in [5.74, 6) is -0.230. The SMILES string of the molecule is CC(C)(C)OC(=O)CCCC(O)c1ccccc1-c1cnc[nH]1. The molecule has 2 aromatic rings. The lowest BCUT2D eigenvalue weighted by Gasteiger charge is -2.20. The second-order valence-corrected chi connectivity index (χ2v) is 6.55. The molecule has 0 amide bonds. The van der Waals surface area contributed by atoms with Crippen LogP contribution >= 0.6 is 0 Å². The van der Waals surface area contributed by atoms with Gasteiger partial charge in [0.15, 0.2) is 0 Å². The summed E-state index contributed by atoms with van der Waals surface area (Å²) in [6.45, 7) is 5.54. The van der Waals surface area contributed by atoms with E-state index in [1.54, 1.807) is 12.5 Å². The monoisotopic (exact) mass is 316 g/mol. The Bertz CT molecular complexity index is 630. The molecule has 0 spiro atoms. The maximum Gasteiger partial charge on any atom is 0.306 e. The molecule has 0 saturated heterocycles. The molecule has 1 aromatic heterocycles. The Kier molecular flexibility index (Phi) is 5.55. The van der Waals surface area contributed by atoms with Gasteiger partial charge < -0.3 is 14.8 Å². The average molecular weight is 316 g/mol. The van der Waals surface area contributed by atoms with Gasteiger partial charge in [-0.2, -0.15) is 0 Å². The molecular weight excluding hydrogens is 292 g/mol. The van der Waals surface area contributed by atoms with Crippen molar-refractivity contribution in [2.24, 2.45) is 0 Å². The number of carbonyl (C=O) groups excluding carboxylic acids is 1. The second-order valence-electron chi connectivity index (χ2n) is 6.55. The van der Waals surface area contributed by atoms with Crippen LogP contribution in [0.15, 0.2) is 36.8 Å². The van der Waals surface area contributed by atoms with E-state index in [1.165, 1.54) is 0 Å². The quantitative estimate of drug-likeness (QED) is 0.798. The number of H-pyrrole nitrogens is 1. The predicted molar refractivity (Wildman–Crippen MR) is 88.7 cm³/mol. The van der Waals surface area contributed by atoms with Crippen molar-refractivity contribution in [3.05, 3.63) is 42.4 Å². The fraction of sp³-hybridized carbons (Fsp3) is 0.444. The van der Waals surface area contributed by atoms with Crippen LogP contribution in [0.4, 0.5) is 0 Å². The summed E-state index contributed by atoms with van der Waals surface area (Å²) in [6, 6.07) is 7.66. The molecule has 0 bridgehead atoms. The van der Waals surface area contributed by atoms with Crippen molar-refractivity contribution in [3.63, 3.8) is 0 Å². The number of aliphatic hydroxyl groups is 1. The highest BCUT2D eigenvalue weighted by molar-refractivity contribution is 5.69. The Morgan fingerprint density at radius 1 is 1.35 bits per heavy atom. The summed E-state index contributed by atoms with van der Waals surface area (Å²) < 4.78 is 5.27. The summed E-state index contributed by atoms with van der Waals surface area (Å²) in [7, 11) is 0. The first-order valence-corrected chi connectivity index (χ1v) is 7.84. The van der Waals surface area contributed by atoms with E-state index in [1.807, 2.05) is 45.0 Å². The minimum Gasteiger partial charge on any atom is -0.460 e. The molecule has 2 rings (SSSR count). The van der Waals surface area contributed by atoms with Crippen LogP contribution in [0.3, 0.4) is 0 Å². The third kappa shape index (κ3) is 5.21. The van der Waals surface area contributed by atoms with Crippen LogP contribution in [0.25, 0.3) is 11.3 Å². The molecule has 5 heteroatoms. The number of aromatic amines is 1. The predicted octanol–water partition coefficient (Wildman–Crippen LogP) is 3.62. The number of benzene rings is 1. The molecule has 0 aliphatic rings. The van der Waals surface area contributed by atoms with Gasteiger partial charge >= 0.3 is 5.97 Å². The molecule has 2 N–H and O–H groups in total. The van der Waals surface area contributed by atoms with E-state index in [4.69, 9.17) is 4.74 Å². The summed E-state index contributed by atoms with van der Waals surface area (Å²) in [5, 5.41) is 10.5. The Labute approximate surface area is 136 Å². The van der Waals surface area contributed by atoms with Gasteiger partial charge in [-0.3, -0.25) is 4.79 Å². The normalized spacial score (nSPS) is 12.9. The number of aromatic nitrogens is 2. The van der Waals surface area contributed by atoms with Gasteiger partial charge in [-0.05, 0) is 39.2 Å². The van der Waals surface area contributed by atoms with Gasteiger partial charge in [0.05, 0.1) is 24.3 Å². The summed E-state index contributed by atoms with van der Waals surface area (Å²) >= 11 is 0. The van der Waals surface area contributed by atoms with Crippen molar-refractivity contribution in [1.82, 2.24) is 9.97 Å².